The summed E-state index contributed by atoms with van der Waals surface area (Å²) in [4.78, 5) is 12.0. The molecule has 0 aliphatic rings. The van der Waals surface area contributed by atoms with Gasteiger partial charge in [0, 0.05) is 18.6 Å². The summed E-state index contributed by atoms with van der Waals surface area (Å²) in [6, 6.07) is 9.19. The quantitative estimate of drug-likeness (QED) is 0.866. The molecule has 0 aliphatic heterocycles. The first-order valence-corrected chi connectivity index (χ1v) is 6.10. The first-order chi connectivity index (χ1) is 8.60. The van der Waals surface area contributed by atoms with Gasteiger partial charge < -0.3 is 5.32 Å². The molecule has 0 unspecified atom stereocenters. The number of halogens is 1. The lowest BCUT2D eigenvalue weighted by Gasteiger charge is -2.05. The van der Waals surface area contributed by atoms with E-state index in [2.05, 4.69) is 10.4 Å². The second kappa shape index (κ2) is 5.23. The third-order valence-corrected chi connectivity index (χ3v) is 2.91. The molecule has 1 amide bonds. The number of amides is 1. The summed E-state index contributed by atoms with van der Waals surface area (Å²) in [7, 11) is 1.75. The molecule has 0 saturated heterocycles. The number of nitrogens with zero attached hydrogens (tertiary/aromatic N) is 2. The van der Waals surface area contributed by atoms with Crippen LogP contribution in [0, 0.1) is 6.92 Å². The lowest BCUT2D eigenvalue weighted by atomic mass is 10.2. The maximum atomic E-state index is 12.0. The number of carbonyl (C=O) groups excluding carboxylic acids is 1. The van der Waals surface area contributed by atoms with E-state index < -0.39 is 0 Å². The fourth-order valence-corrected chi connectivity index (χ4v) is 1.87. The monoisotopic (exact) mass is 263 g/mol. The average molecular weight is 264 g/mol. The van der Waals surface area contributed by atoms with Crippen molar-refractivity contribution in [1.29, 1.82) is 0 Å². The van der Waals surface area contributed by atoms with Crippen LogP contribution < -0.4 is 5.32 Å². The van der Waals surface area contributed by atoms with Gasteiger partial charge in [-0.1, -0.05) is 12.1 Å². The molecule has 0 saturated carbocycles. The predicted molar refractivity (Wildman–Crippen MR) is 71.9 cm³/mol. The Morgan fingerprint density at radius 1 is 1.39 bits per heavy atom. The Bertz CT molecular complexity index is 560. The van der Waals surface area contributed by atoms with Gasteiger partial charge in [0.2, 0.25) is 0 Å². The Balaban J connectivity index is 2.13. The maximum Gasteiger partial charge on any atom is 0.273 e. The standard InChI is InChI=1S/C13H14ClN3O/c1-9-7-12(17(2)16-9)13(18)15-11-5-3-10(8-14)4-6-11/h3-7H,8H2,1-2H3,(H,15,18). The van der Waals surface area contributed by atoms with Crippen molar-refractivity contribution in [1.82, 2.24) is 9.78 Å². The highest BCUT2D eigenvalue weighted by atomic mass is 35.5. The minimum absolute atomic E-state index is 0.170. The van der Waals surface area contributed by atoms with Crippen molar-refractivity contribution in [2.24, 2.45) is 7.05 Å². The smallest absolute Gasteiger partial charge is 0.273 e. The molecule has 0 aliphatic carbocycles. The predicted octanol–water partition coefficient (Wildman–Crippen LogP) is 2.72. The van der Waals surface area contributed by atoms with Crippen molar-refractivity contribution in [2.75, 3.05) is 5.32 Å². The Morgan fingerprint density at radius 3 is 2.56 bits per heavy atom. The van der Waals surface area contributed by atoms with Crippen LogP contribution in [0.1, 0.15) is 21.7 Å². The number of alkyl halides is 1. The molecule has 94 valence electrons. The number of hydrogen-bond acceptors (Lipinski definition) is 2. The van der Waals surface area contributed by atoms with Gasteiger partial charge in [-0.2, -0.15) is 5.10 Å². The van der Waals surface area contributed by atoms with Crippen LogP contribution in [0.2, 0.25) is 0 Å². The zero-order chi connectivity index (χ0) is 13.1. The molecule has 0 fully saturated rings. The van der Waals surface area contributed by atoms with E-state index in [1.807, 2.05) is 31.2 Å². The summed E-state index contributed by atoms with van der Waals surface area (Å²) in [5, 5.41) is 6.96. The van der Waals surface area contributed by atoms with Crippen molar-refractivity contribution in [3.8, 4) is 0 Å². The molecule has 0 atom stereocenters. The fourth-order valence-electron chi connectivity index (χ4n) is 1.70. The number of rotatable bonds is 3. The number of anilines is 1. The van der Waals surface area contributed by atoms with E-state index in [1.54, 1.807) is 17.8 Å². The summed E-state index contributed by atoms with van der Waals surface area (Å²) in [6.07, 6.45) is 0. The number of nitrogens with one attached hydrogen (secondary N) is 1. The lowest BCUT2D eigenvalue weighted by Crippen LogP contribution is -2.15. The van der Waals surface area contributed by atoms with Crippen LogP contribution in [0.15, 0.2) is 30.3 Å². The van der Waals surface area contributed by atoms with Gasteiger partial charge in [-0.25, -0.2) is 0 Å². The Kier molecular flexibility index (Phi) is 3.67. The van der Waals surface area contributed by atoms with Crippen molar-refractivity contribution in [3.05, 3.63) is 47.3 Å². The first kappa shape index (κ1) is 12.6. The molecule has 1 aromatic carbocycles. The average Bonchev–Trinajstić information content (AvgIpc) is 2.69. The lowest BCUT2D eigenvalue weighted by molar-refractivity contribution is 0.101. The van der Waals surface area contributed by atoms with Crippen molar-refractivity contribution in [3.63, 3.8) is 0 Å². The van der Waals surface area contributed by atoms with Crippen LogP contribution in [0.25, 0.3) is 0 Å². The van der Waals surface area contributed by atoms with Crippen molar-refractivity contribution in [2.45, 2.75) is 12.8 Å². The Labute approximate surface area is 111 Å². The van der Waals surface area contributed by atoms with Crippen LogP contribution in [0.3, 0.4) is 0 Å². The van der Waals surface area contributed by atoms with E-state index in [1.165, 1.54) is 0 Å². The third-order valence-electron chi connectivity index (χ3n) is 2.60. The minimum Gasteiger partial charge on any atom is -0.321 e. The molecule has 18 heavy (non-hydrogen) atoms. The van der Waals surface area contributed by atoms with Crippen LogP contribution in [-0.2, 0) is 12.9 Å². The highest BCUT2D eigenvalue weighted by Crippen LogP contribution is 2.13. The van der Waals surface area contributed by atoms with E-state index in [0.717, 1.165) is 16.9 Å². The minimum atomic E-state index is -0.170. The van der Waals surface area contributed by atoms with Crippen molar-refractivity contribution >= 4 is 23.2 Å². The molecular weight excluding hydrogens is 250 g/mol. The van der Waals surface area contributed by atoms with Gasteiger partial charge in [0.05, 0.1) is 5.69 Å². The summed E-state index contributed by atoms with van der Waals surface area (Å²) in [5.74, 6) is 0.298. The zero-order valence-electron chi connectivity index (χ0n) is 10.3. The van der Waals surface area contributed by atoms with Gasteiger partial charge in [0.15, 0.2) is 0 Å². The zero-order valence-corrected chi connectivity index (χ0v) is 11.0. The number of carbonyl (C=O) groups is 1. The molecule has 1 heterocycles. The molecule has 0 spiro atoms. The number of hydrogen-bond donors (Lipinski definition) is 1. The molecule has 0 radical (unpaired) electrons. The number of aryl methyl sites for hydroxylation is 2. The van der Waals surface area contributed by atoms with E-state index in [0.29, 0.717) is 11.6 Å². The van der Waals surface area contributed by atoms with Crippen LogP contribution >= 0.6 is 11.6 Å². The van der Waals surface area contributed by atoms with Gasteiger partial charge in [-0.05, 0) is 30.7 Å². The van der Waals surface area contributed by atoms with E-state index in [-0.39, 0.29) is 5.91 Å². The molecule has 2 rings (SSSR count). The third kappa shape index (κ3) is 2.71. The highest BCUT2D eigenvalue weighted by molar-refractivity contribution is 6.17. The second-order valence-electron chi connectivity index (χ2n) is 4.08. The van der Waals surface area contributed by atoms with Gasteiger partial charge >= 0.3 is 0 Å². The van der Waals surface area contributed by atoms with Gasteiger partial charge in [-0.3, -0.25) is 9.48 Å². The SMILES string of the molecule is Cc1cc(C(=O)Nc2ccc(CCl)cc2)n(C)n1. The number of aromatic nitrogens is 2. The van der Waals surface area contributed by atoms with Crippen LogP contribution in [-0.4, -0.2) is 15.7 Å². The first-order valence-electron chi connectivity index (χ1n) is 5.57. The molecule has 0 bridgehead atoms. The Morgan fingerprint density at radius 2 is 2.06 bits per heavy atom. The van der Waals surface area contributed by atoms with E-state index in [9.17, 15) is 4.79 Å². The van der Waals surface area contributed by atoms with Crippen LogP contribution in [0.5, 0.6) is 0 Å². The molecule has 1 aromatic heterocycles. The molecule has 5 heteroatoms. The van der Waals surface area contributed by atoms with E-state index in [4.69, 9.17) is 11.6 Å². The second-order valence-corrected chi connectivity index (χ2v) is 4.35. The largest absolute Gasteiger partial charge is 0.321 e. The fraction of sp³-hybridized carbons (Fsp3) is 0.231. The summed E-state index contributed by atoms with van der Waals surface area (Å²) in [6.45, 7) is 1.85. The molecule has 4 nitrogen and oxygen atoms in total. The molecule has 2 aromatic rings. The summed E-state index contributed by atoms with van der Waals surface area (Å²) < 4.78 is 1.57. The summed E-state index contributed by atoms with van der Waals surface area (Å²) in [5.41, 5.74) is 3.12. The summed E-state index contributed by atoms with van der Waals surface area (Å²) >= 11 is 5.71. The van der Waals surface area contributed by atoms with Gasteiger partial charge in [0.1, 0.15) is 5.69 Å². The highest BCUT2D eigenvalue weighted by Gasteiger charge is 2.11. The molecule has 1 N–H and O–H groups in total. The van der Waals surface area contributed by atoms with Crippen LogP contribution in [0.4, 0.5) is 5.69 Å². The van der Waals surface area contributed by atoms with Crippen molar-refractivity contribution < 1.29 is 4.79 Å². The topological polar surface area (TPSA) is 46.9 Å². The maximum absolute atomic E-state index is 12.0. The van der Waals surface area contributed by atoms with Gasteiger partial charge in [-0.15, -0.1) is 11.6 Å². The van der Waals surface area contributed by atoms with E-state index >= 15 is 0 Å². The molecular formula is C13H14ClN3O. The Hall–Kier alpha value is -1.81. The number of benzene rings is 1. The van der Waals surface area contributed by atoms with Gasteiger partial charge in [0.25, 0.3) is 5.91 Å². The normalized spacial score (nSPS) is 10.4.